The van der Waals surface area contributed by atoms with Crippen LogP contribution in [-0.2, 0) is 17.6 Å². The molecule has 0 radical (unpaired) electrons. The normalized spacial score (nSPS) is 10.7. The second kappa shape index (κ2) is 7.70. The smallest absolute Gasteiger partial charge is 0.144 e. The molecule has 5 heteroatoms. The van der Waals surface area contributed by atoms with E-state index < -0.39 is 11.6 Å². The van der Waals surface area contributed by atoms with Crippen molar-refractivity contribution >= 4 is 29.0 Å². The van der Waals surface area contributed by atoms with Crippen LogP contribution >= 0.6 is 23.2 Å². The van der Waals surface area contributed by atoms with Crippen molar-refractivity contribution in [1.29, 1.82) is 0 Å². The molecule has 0 spiro atoms. The summed E-state index contributed by atoms with van der Waals surface area (Å²) >= 11 is 11.4. The van der Waals surface area contributed by atoms with Crippen molar-refractivity contribution in [2.24, 2.45) is 0 Å². The number of hydrogen-bond donors (Lipinski definition) is 0. The van der Waals surface area contributed by atoms with Crippen molar-refractivity contribution in [2.45, 2.75) is 25.7 Å². The van der Waals surface area contributed by atoms with Crippen LogP contribution in [0.5, 0.6) is 0 Å². The Balaban J connectivity index is 1.88. The first-order valence-corrected chi connectivity index (χ1v) is 7.62. The van der Waals surface area contributed by atoms with E-state index in [-0.39, 0.29) is 41.5 Å². The Morgan fingerprint density at radius 1 is 0.818 bits per heavy atom. The first-order valence-electron chi connectivity index (χ1n) is 6.86. The van der Waals surface area contributed by atoms with Crippen LogP contribution in [-0.4, -0.2) is 5.78 Å². The maximum Gasteiger partial charge on any atom is 0.144 e. The molecule has 0 saturated carbocycles. The van der Waals surface area contributed by atoms with Gasteiger partial charge in [-0.05, 0) is 36.1 Å². The van der Waals surface area contributed by atoms with Gasteiger partial charge < -0.3 is 0 Å². The fourth-order valence-corrected chi connectivity index (χ4v) is 2.54. The van der Waals surface area contributed by atoms with Gasteiger partial charge in [-0.15, -0.1) is 0 Å². The summed E-state index contributed by atoms with van der Waals surface area (Å²) in [6, 6.07) is 9.42. The summed E-state index contributed by atoms with van der Waals surface area (Å²) in [6.07, 6.45) is 0.950. The number of Topliss-reactive ketones (excluding diaryl/α,β-unsaturated/α-hetero) is 1. The molecular weight excluding hydrogens is 329 g/mol. The zero-order valence-corrected chi connectivity index (χ0v) is 13.2. The van der Waals surface area contributed by atoms with Gasteiger partial charge in [-0.25, -0.2) is 8.78 Å². The fourth-order valence-electron chi connectivity index (χ4n) is 2.16. The maximum absolute atomic E-state index is 13.7. The minimum absolute atomic E-state index is 0.0472. The molecule has 2 rings (SSSR count). The van der Waals surface area contributed by atoms with Gasteiger partial charge in [0.1, 0.15) is 17.4 Å². The Hall–Kier alpha value is -1.45. The molecule has 0 saturated heterocycles. The topological polar surface area (TPSA) is 17.1 Å². The van der Waals surface area contributed by atoms with E-state index in [1.165, 1.54) is 12.1 Å². The highest BCUT2D eigenvalue weighted by Crippen LogP contribution is 2.21. The van der Waals surface area contributed by atoms with Crippen LogP contribution < -0.4 is 0 Å². The molecule has 1 nitrogen and oxygen atoms in total. The molecule has 0 bridgehead atoms. The van der Waals surface area contributed by atoms with E-state index in [0.29, 0.717) is 11.1 Å². The Kier molecular flexibility index (Phi) is 5.92. The average molecular weight is 343 g/mol. The van der Waals surface area contributed by atoms with E-state index in [9.17, 15) is 13.6 Å². The molecule has 0 aliphatic heterocycles. The number of carbonyl (C=O) groups excluding carboxylic acids is 1. The first kappa shape index (κ1) is 16.9. The maximum atomic E-state index is 13.7. The molecule has 0 atom stereocenters. The molecule has 0 N–H and O–H groups in total. The van der Waals surface area contributed by atoms with Gasteiger partial charge in [-0.2, -0.15) is 0 Å². The molecule has 0 heterocycles. The summed E-state index contributed by atoms with van der Waals surface area (Å²) in [7, 11) is 0. The van der Waals surface area contributed by atoms with Gasteiger partial charge >= 0.3 is 0 Å². The Morgan fingerprint density at radius 2 is 1.23 bits per heavy atom. The van der Waals surface area contributed by atoms with Crippen LogP contribution in [0.3, 0.4) is 0 Å². The zero-order chi connectivity index (χ0) is 16.1. The van der Waals surface area contributed by atoms with Crippen molar-refractivity contribution < 1.29 is 13.6 Å². The second-order valence-corrected chi connectivity index (χ2v) is 5.78. The van der Waals surface area contributed by atoms with Crippen molar-refractivity contribution in [3.05, 3.63) is 69.2 Å². The molecule has 0 aromatic heterocycles. The molecule has 0 unspecified atom stereocenters. The minimum Gasteiger partial charge on any atom is -0.300 e. The van der Waals surface area contributed by atoms with Crippen molar-refractivity contribution in [3.8, 4) is 0 Å². The van der Waals surface area contributed by atoms with Crippen molar-refractivity contribution in [1.82, 2.24) is 0 Å². The Labute approximate surface area is 137 Å². The van der Waals surface area contributed by atoms with Crippen molar-refractivity contribution in [2.75, 3.05) is 0 Å². The lowest BCUT2D eigenvalue weighted by atomic mass is 10.0. The van der Waals surface area contributed by atoms with Gasteiger partial charge in [0.25, 0.3) is 0 Å². The third-order valence-corrected chi connectivity index (χ3v) is 3.99. The number of benzene rings is 2. The number of rotatable bonds is 6. The van der Waals surface area contributed by atoms with E-state index in [4.69, 9.17) is 23.2 Å². The second-order valence-electron chi connectivity index (χ2n) is 4.96. The average Bonchev–Trinajstić information content (AvgIpc) is 2.50. The molecule has 2 aromatic carbocycles. The van der Waals surface area contributed by atoms with Gasteiger partial charge in [0, 0.05) is 12.8 Å². The zero-order valence-electron chi connectivity index (χ0n) is 11.7. The quantitative estimate of drug-likeness (QED) is 0.686. The lowest BCUT2D eigenvalue weighted by molar-refractivity contribution is -0.119. The number of hydrogen-bond acceptors (Lipinski definition) is 1. The van der Waals surface area contributed by atoms with Crippen LogP contribution in [0.1, 0.15) is 24.0 Å². The molecule has 2 aromatic rings. The summed E-state index contributed by atoms with van der Waals surface area (Å²) in [5.74, 6) is -1.03. The number of ketones is 1. The summed E-state index contributed by atoms with van der Waals surface area (Å²) in [6.45, 7) is 0. The summed E-state index contributed by atoms with van der Waals surface area (Å²) in [4.78, 5) is 11.9. The molecule has 116 valence electrons. The predicted molar refractivity (Wildman–Crippen MR) is 84.5 cm³/mol. The lowest BCUT2D eigenvalue weighted by Gasteiger charge is -2.06. The van der Waals surface area contributed by atoms with Crippen molar-refractivity contribution in [3.63, 3.8) is 0 Å². The SMILES string of the molecule is O=C(CCc1cccc(Cl)c1F)CCc1cccc(Cl)c1F. The lowest BCUT2D eigenvalue weighted by Crippen LogP contribution is -2.04. The van der Waals surface area contributed by atoms with Gasteiger partial charge in [-0.1, -0.05) is 47.5 Å². The highest BCUT2D eigenvalue weighted by molar-refractivity contribution is 6.31. The Bertz CT molecular complexity index is 629. The molecule has 0 aliphatic rings. The molecular formula is C17H14Cl2F2O. The van der Waals surface area contributed by atoms with Gasteiger partial charge in [-0.3, -0.25) is 4.79 Å². The van der Waals surface area contributed by atoms with Crippen LogP contribution in [0.2, 0.25) is 10.0 Å². The van der Waals surface area contributed by atoms with E-state index in [0.717, 1.165) is 0 Å². The Morgan fingerprint density at radius 3 is 1.64 bits per heavy atom. The number of aryl methyl sites for hydroxylation is 2. The predicted octanol–water partition coefficient (Wildman–Crippen LogP) is 5.41. The largest absolute Gasteiger partial charge is 0.300 e. The van der Waals surface area contributed by atoms with Gasteiger partial charge in [0.15, 0.2) is 0 Å². The highest BCUT2D eigenvalue weighted by atomic mass is 35.5. The van der Waals surface area contributed by atoms with E-state index >= 15 is 0 Å². The van der Waals surface area contributed by atoms with Crippen LogP contribution in [0, 0.1) is 11.6 Å². The van der Waals surface area contributed by atoms with Gasteiger partial charge in [0.05, 0.1) is 10.0 Å². The molecule has 22 heavy (non-hydrogen) atoms. The summed E-state index contributed by atoms with van der Waals surface area (Å²) < 4.78 is 27.4. The van der Waals surface area contributed by atoms with E-state index in [2.05, 4.69) is 0 Å². The molecule has 0 amide bonds. The third-order valence-electron chi connectivity index (χ3n) is 3.41. The van der Waals surface area contributed by atoms with E-state index in [1.807, 2.05) is 0 Å². The third kappa shape index (κ3) is 4.28. The fraction of sp³-hybridized carbons (Fsp3) is 0.235. The summed E-state index contributed by atoms with van der Waals surface area (Å²) in [5, 5.41) is 0.0943. The summed E-state index contributed by atoms with van der Waals surface area (Å²) in [5.41, 5.74) is 0.824. The molecule has 0 fully saturated rings. The number of halogens is 4. The van der Waals surface area contributed by atoms with E-state index in [1.54, 1.807) is 24.3 Å². The van der Waals surface area contributed by atoms with Crippen LogP contribution in [0.4, 0.5) is 8.78 Å². The molecule has 0 aliphatic carbocycles. The van der Waals surface area contributed by atoms with Crippen LogP contribution in [0.15, 0.2) is 36.4 Å². The van der Waals surface area contributed by atoms with Crippen LogP contribution in [0.25, 0.3) is 0 Å². The monoisotopic (exact) mass is 342 g/mol. The standard InChI is InChI=1S/C17H14Cl2F2O/c18-14-5-1-3-11(16(14)20)7-9-13(22)10-8-12-4-2-6-15(19)17(12)21/h1-6H,7-10H2. The highest BCUT2D eigenvalue weighted by Gasteiger charge is 2.11. The number of carbonyl (C=O) groups is 1. The minimum atomic E-state index is -0.488. The first-order chi connectivity index (χ1) is 10.5. The van der Waals surface area contributed by atoms with Gasteiger partial charge in [0.2, 0.25) is 0 Å².